The Bertz CT molecular complexity index is 961. The number of aromatic nitrogens is 3. The number of carbonyl (C=O) groups is 1. The van der Waals surface area contributed by atoms with Gasteiger partial charge in [0.15, 0.2) is 11.2 Å². The molecular formula is C14H19N5O. The van der Waals surface area contributed by atoms with Gasteiger partial charge in [-0.2, -0.15) is 5.26 Å². The van der Waals surface area contributed by atoms with Crippen molar-refractivity contribution in [2.75, 3.05) is 0 Å². The van der Waals surface area contributed by atoms with Crippen LogP contribution in [0.5, 0.6) is 0 Å². The molecule has 2 fully saturated rings. The number of primary amides is 1. The highest BCUT2D eigenvalue weighted by Crippen LogP contribution is 2.43. The molecule has 2 aliphatic carbocycles. The average molecular weight is 284 g/mol. The second kappa shape index (κ2) is 4.89. The van der Waals surface area contributed by atoms with E-state index in [0.29, 0.717) is 12.8 Å². The summed E-state index contributed by atoms with van der Waals surface area (Å²) in [6.07, 6.45) is -18.7. The van der Waals surface area contributed by atoms with Crippen molar-refractivity contribution in [3.63, 3.8) is 0 Å². The van der Waals surface area contributed by atoms with Crippen molar-refractivity contribution in [3.05, 3.63) is 11.4 Å². The summed E-state index contributed by atoms with van der Waals surface area (Å²) in [6, 6.07) is 1.95. The zero-order valence-electron chi connectivity index (χ0n) is 21.4. The van der Waals surface area contributed by atoms with Crippen molar-refractivity contribution in [1.82, 2.24) is 15.0 Å². The van der Waals surface area contributed by atoms with Crippen molar-refractivity contribution in [2.45, 2.75) is 56.7 Å². The minimum absolute atomic E-state index is 0.311. The molecule has 20 heavy (non-hydrogen) atoms. The summed E-state index contributed by atoms with van der Waals surface area (Å²) in [7, 11) is 0. The van der Waals surface area contributed by atoms with Gasteiger partial charge in [0.2, 0.25) is 0 Å². The molecule has 3 rings (SSSR count). The minimum atomic E-state index is -3.65. The van der Waals surface area contributed by atoms with Crippen LogP contribution in [0.15, 0.2) is 0 Å². The molecule has 1 amide bonds. The minimum Gasteiger partial charge on any atom is -0.364 e. The van der Waals surface area contributed by atoms with Crippen LogP contribution in [0.1, 0.15) is 76.0 Å². The van der Waals surface area contributed by atoms with Crippen LogP contribution < -0.4 is 5.73 Å². The van der Waals surface area contributed by atoms with Gasteiger partial charge >= 0.3 is 0 Å². The molecule has 1 aromatic heterocycles. The van der Waals surface area contributed by atoms with Gasteiger partial charge in [-0.05, 0) is 25.2 Å². The number of rotatable bonds is 4. The van der Waals surface area contributed by atoms with E-state index >= 15 is 0 Å². The molecule has 106 valence electrons. The van der Waals surface area contributed by atoms with Crippen LogP contribution in [-0.4, -0.2) is 20.9 Å². The van der Waals surface area contributed by atoms with E-state index in [1.54, 1.807) is 0 Å². The Morgan fingerprint density at radius 2 is 2.25 bits per heavy atom. The first-order chi connectivity index (χ1) is 13.8. The highest BCUT2D eigenvalue weighted by molar-refractivity contribution is 5.92. The topological polar surface area (TPSA) is 97.6 Å². The number of nitriles is 1. The number of nitrogens with two attached hydrogens (primary N) is 1. The summed E-state index contributed by atoms with van der Waals surface area (Å²) in [5, 5.41) is 16.7. The molecule has 2 aliphatic rings. The Labute approximate surface area is 133 Å². The summed E-state index contributed by atoms with van der Waals surface area (Å²) in [5.74, 6) is -4.45. The molecule has 0 bridgehead atoms. The van der Waals surface area contributed by atoms with Gasteiger partial charge in [0.25, 0.3) is 5.91 Å². The molecule has 0 unspecified atom stereocenters. The van der Waals surface area contributed by atoms with Gasteiger partial charge in [-0.25, -0.2) is 4.68 Å². The van der Waals surface area contributed by atoms with Crippen molar-refractivity contribution in [3.8, 4) is 6.07 Å². The van der Waals surface area contributed by atoms with E-state index in [-0.39, 0.29) is 0 Å². The molecule has 1 heterocycles. The lowest BCUT2D eigenvalue weighted by Crippen LogP contribution is -2.26. The van der Waals surface area contributed by atoms with E-state index in [4.69, 9.17) is 20.8 Å². The lowest BCUT2D eigenvalue weighted by Gasteiger charge is -2.20. The van der Waals surface area contributed by atoms with Crippen LogP contribution in [0.4, 0.5) is 0 Å². The van der Waals surface area contributed by atoms with Crippen LogP contribution >= 0.6 is 0 Å². The second-order valence-corrected chi connectivity index (χ2v) is 4.58. The normalized spacial score (nSPS) is 43.6. The van der Waals surface area contributed by atoms with E-state index in [1.807, 2.05) is 6.07 Å². The molecule has 1 aromatic rings. The van der Waals surface area contributed by atoms with Crippen LogP contribution in [0.25, 0.3) is 0 Å². The monoisotopic (exact) mass is 284 g/mol. The molecule has 2 saturated carbocycles. The fourth-order valence-corrected chi connectivity index (χ4v) is 2.00. The number of hydrogen-bond donors (Lipinski definition) is 1. The van der Waals surface area contributed by atoms with E-state index in [9.17, 15) is 10.1 Å². The number of hydrogen-bond acceptors (Lipinski definition) is 4. The smallest absolute Gasteiger partial charge is 0.269 e. The number of carbonyl (C=O) groups excluding carboxylic acids is 1. The number of amides is 1. The molecule has 6 nitrogen and oxygen atoms in total. The molecule has 0 aromatic carbocycles. The first kappa shape index (κ1) is 5.47. The maximum Gasteiger partial charge on any atom is 0.269 e. The highest BCUT2D eigenvalue weighted by atomic mass is 16.1. The van der Waals surface area contributed by atoms with Crippen LogP contribution in [0.2, 0.25) is 0 Å². The van der Waals surface area contributed by atoms with Gasteiger partial charge in [0.1, 0.15) is 0 Å². The standard InChI is InChI=1S/C14H19N5O/c15-9-14(6-7-14)19-12(13(16)20)11(17-18-19)8-10-4-2-1-3-5-10/h10H,1-8H2,(H2,16,20)/i1D2,2D2,3D2,4D2,5D2,10D. The quantitative estimate of drug-likeness (QED) is 0.906. The summed E-state index contributed by atoms with van der Waals surface area (Å²) in [6.45, 7) is 0. The zero-order chi connectivity index (χ0) is 24.1. The molecule has 0 spiro atoms. The summed E-state index contributed by atoms with van der Waals surface area (Å²) in [5.41, 5.74) is 3.14. The van der Waals surface area contributed by atoms with Crippen molar-refractivity contribution < 1.29 is 19.9 Å². The third-order valence-corrected chi connectivity index (χ3v) is 3.21. The Morgan fingerprint density at radius 1 is 1.55 bits per heavy atom. The Balaban J connectivity index is 2.23. The van der Waals surface area contributed by atoms with Gasteiger partial charge in [0, 0.05) is 15.1 Å². The van der Waals surface area contributed by atoms with Crippen LogP contribution in [0.3, 0.4) is 0 Å². The Kier molecular flexibility index (Phi) is 1.34. The van der Waals surface area contributed by atoms with Gasteiger partial charge in [-0.3, -0.25) is 4.79 Å². The lowest BCUT2D eigenvalue weighted by molar-refractivity contribution is 0.0986. The Hall–Kier alpha value is -1.90. The molecule has 0 atom stereocenters. The van der Waals surface area contributed by atoms with Crippen molar-refractivity contribution in [2.24, 2.45) is 11.6 Å². The predicted molar refractivity (Wildman–Crippen MR) is 71.6 cm³/mol. The largest absolute Gasteiger partial charge is 0.364 e. The third-order valence-electron chi connectivity index (χ3n) is 3.21. The highest BCUT2D eigenvalue weighted by Gasteiger charge is 2.49. The summed E-state index contributed by atoms with van der Waals surface area (Å²) >= 11 is 0. The number of nitrogens with zero attached hydrogens (tertiary/aromatic N) is 4. The van der Waals surface area contributed by atoms with Crippen molar-refractivity contribution >= 4 is 5.91 Å². The first-order valence-corrected chi connectivity index (χ1v) is 5.95. The zero-order valence-corrected chi connectivity index (χ0v) is 10.4. The third kappa shape index (κ3) is 2.17. The van der Waals surface area contributed by atoms with Gasteiger partial charge in [-0.1, -0.05) is 37.1 Å². The average Bonchev–Trinajstić information content (AvgIpc) is 3.32. The lowest BCUT2D eigenvalue weighted by atomic mass is 9.86. The molecule has 2 N–H and O–H groups in total. The Morgan fingerprint density at radius 3 is 2.80 bits per heavy atom. The first-order valence-electron chi connectivity index (χ1n) is 11.5. The maximum atomic E-state index is 12.1. The van der Waals surface area contributed by atoms with Crippen molar-refractivity contribution in [1.29, 1.82) is 5.26 Å². The molecule has 0 radical (unpaired) electrons. The molecule has 6 heteroatoms. The summed E-state index contributed by atoms with van der Waals surface area (Å²) < 4.78 is 90.0. The van der Waals surface area contributed by atoms with Crippen LogP contribution in [0, 0.1) is 17.2 Å². The van der Waals surface area contributed by atoms with Crippen LogP contribution in [-0.2, 0) is 12.0 Å². The fraction of sp³-hybridized carbons (Fsp3) is 0.714. The fourth-order valence-electron chi connectivity index (χ4n) is 2.00. The summed E-state index contributed by atoms with van der Waals surface area (Å²) in [4.78, 5) is 12.1. The van der Waals surface area contributed by atoms with E-state index in [1.165, 1.54) is 0 Å². The molecule has 0 saturated heterocycles. The SMILES string of the molecule is [2H]C1([2H])C([2H])([2H])C([2H])([2H])C([2H])(Cc2nnn(C3(C#N)CC3)c2C(N)=O)C([2H])([2H])C1([2H])[2H]. The molecule has 0 aliphatic heterocycles. The van der Waals surface area contributed by atoms with E-state index in [0.717, 1.165) is 4.68 Å². The van der Waals surface area contributed by atoms with E-state index < -0.39 is 67.0 Å². The van der Waals surface area contributed by atoms with Gasteiger partial charge in [-0.15, -0.1) is 5.10 Å². The van der Waals surface area contributed by atoms with E-state index in [2.05, 4.69) is 10.3 Å². The van der Waals surface area contributed by atoms with Gasteiger partial charge in [0.05, 0.1) is 11.8 Å². The predicted octanol–water partition coefficient (Wildman–Crippen LogP) is 1.51. The molecular weight excluding hydrogens is 254 g/mol. The maximum absolute atomic E-state index is 12.1. The second-order valence-electron chi connectivity index (χ2n) is 4.58. The van der Waals surface area contributed by atoms with Gasteiger partial charge < -0.3 is 5.73 Å².